The Morgan fingerprint density at radius 2 is 1.74 bits per heavy atom. The van der Waals surface area contributed by atoms with Gasteiger partial charge in [-0.15, -0.1) is 0 Å². The number of benzene rings is 2. The van der Waals surface area contributed by atoms with Crippen LogP contribution in [0.5, 0.6) is 11.5 Å². The predicted molar refractivity (Wildman–Crippen MR) is 92.3 cm³/mol. The molecule has 2 aromatic carbocycles. The van der Waals surface area contributed by atoms with Crippen LogP contribution in [-0.4, -0.2) is 14.2 Å². The van der Waals surface area contributed by atoms with Gasteiger partial charge in [0.2, 0.25) is 0 Å². The Kier molecular flexibility index (Phi) is 3.49. The predicted octanol–water partition coefficient (Wildman–Crippen LogP) is 4.53. The van der Waals surface area contributed by atoms with E-state index < -0.39 is 0 Å². The maximum Gasteiger partial charge on any atom is 0.162 e. The Bertz CT molecular complexity index is 739. The van der Waals surface area contributed by atoms with Gasteiger partial charge in [0.1, 0.15) is 0 Å². The van der Waals surface area contributed by atoms with Gasteiger partial charge in [-0.2, -0.15) is 0 Å². The number of rotatable bonds is 3. The van der Waals surface area contributed by atoms with Gasteiger partial charge >= 0.3 is 0 Å². The van der Waals surface area contributed by atoms with E-state index in [2.05, 4.69) is 59.9 Å². The molecule has 1 aliphatic heterocycles. The molecule has 0 saturated carbocycles. The molecule has 2 aromatic rings. The van der Waals surface area contributed by atoms with E-state index in [1.807, 2.05) is 0 Å². The number of nitrogens with one attached hydrogen (secondary N) is 1. The van der Waals surface area contributed by atoms with Crippen molar-refractivity contribution in [3.63, 3.8) is 0 Å². The minimum atomic E-state index is 0.321. The van der Waals surface area contributed by atoms with Crippen LogP contribution in [0.25, 0.3) is 0 Å². The van der Waals surface area contributed by atoms with E-state index in [0.717, 1.165) is 23.6 Å². The third-order valence-corrected chi connectivity index (χ3v) is 5.03. The van der Waals surface area contributed by atoms with Gasteiger partial charge in [0.05, 0.1) is 20.3 Å². The number of hydrogen-bond donors (Lipinski definition) is 1. The van der Waals surface area contributed by atoms with Crippen LogP contribution >= 0.6 is 0 Å². The van der Waals surface area contributed by atoms with E-state index in [4.69, 9.17) is 9.47 Å². The summed E-state index contributed by atoms with van der Waals surface area (Å²) in [4.78, 5) is 0. The molecule has 2 aliphatic rings. The van der Waals surface area contributed by atoms with E-state index in [-0.39, 0.29) is 0 Å². The summed E-state index contributed by atoms with van der Waals surface area (Å²) in [6, 6.07) is 15.2. The molecule has 1 aliphatic carbocycles. The van der Waals surface area contributed by atoms with Gasteiger partial charge in [0, 0.05) is 17.7 Å². The maximum absolute atomic E-state index is 5.49. The summed E-state index contributed by atoms with van der Waals surface area (Å²) in [5.74, 6) is 2.54. The molecule has 0 bridgehead atoms. The highest BCUT2D eigenvalue weighted by molar-refractivity contribution is 5.66. The monoisotopic (exact) mass is 307 g/mol. The Balaban J connectivity index is 1.81. The highest BCUT2D eigenvalue weighted by Crippen LogP contribution is 2.51. The second-order valence-corrected chi connectivity index (χ2v) is 6.18. The van der Waals surface area contributed by atoms with Crippen molar-refractivity contribution in [2.75, 3.05) is 19.5 Å². The third-order valence-electron chi connectivity index (χ3n) is 5.03. The zero-order valence-electron chi connectivity index (χ0n) is 13.5. The van der Waals surface area contributed by atoms with Gasteiger partial charge in [-0.05, 0) is 29.5 Å². The van der Waals surface area contributed by atoms with Crippen LogP contribution in [0, 0.1) is 5.92 Å². The van der Waals surface area contributed by atoms with Crippen molar-refractivity contribution in [3.05, 3.63) is 65.7 Å². The van der Waals surface area contributed by atoms with E-state index in [1.165, 1.54) is 11.1 Å². The van der Waals surface area contributed by atoms with Crippen LogP contribution in [0.15, 0.2) is 54.6 Å². The lowest BCUT2D eigenvalue weighted by molar-refractivity contribution is 0.352. The van der Waals surface area contributed by atoms with E-state index in [9.17, 15) is 0 Å². The molecule has 3 atom stereocenters. The maximum atomic E-state index is 5.49. The quantitative estimate of drug-likeness (QED) is 0.845. The number of hydrogen-bond acceptors (Lipinski definition) is 3. The zero-order valence-corrected chi connectivity index (χ0v) is 13.5. The molecule has 3 nitrogen and oxygen atoms in total. The van der Waals surface area contributed by atoms with Crippen LogP contribution in [-0.2, 0) is 0 Å². The van der Waals surface area contributed by atoms with Gasteiger partial charge in [0.25, 0.3) is 0 Å². The van der Waals surface area contributed by atoms with Crippen molar-refractivity contribution < 1.29 is 9.47 Å². The first-order valence-electron chi connectivity index (χ1n) is 8.06. The molecule has 0 unspecified atom stereocenters. The molecule has 23 heavy (non-hydrogen) atoms. The fraction of sp³-hybridized carbons (Fsp3) is 0.300. The molecule has 1 N–H and O–H groups in total. The molecule has 0 fully saturated rings. The molecule has 0 spiro atoms. The second kappa shape index (κ2) is 5.65. The lowest BCUT2D eigenvalue weighted by Gasteiger charge is -2.38. The highest BCUT2D eigenvalue weighted by Gasteiger charge is 2.38. The van der Waals surface area contributed by atoms with Gasteiger partial charge in [-0.1, -0.05) is 42.5 Å². The minimum absolute atomic E-state index is 0.321. The van der Waals surface area contributed by atoms with Crippen LogP contribution < -0.4 is 14.8 Å². The Labute approximate surface area is 136 Å². The van der Waals surface area contributed by atoms with Gasteiger partial charge in [0.15, 0.2) is 11.5 Å². The molecule has 0 aromatic heterocycles. The minimum Gasteiger partial charge on any atom is -0.493 e. The lowest BCUT2D eigenvalue weighted by Crippen LogP contribution is -2.29. The summed E-state index contributed by atoms with van der Waals surface area (Å²) in [6.07, 6.45) is 5.75. The summed E-state index contributed by atoms with van der Waals surface area (Å²) in [5, 5.41) is 3.74. The summed E-state index contributed by atoms with van der Waals surface area (Å²) in [7, 11) is 3.37. The molecular weight excluding hydrogens is 286 g/mol. The summed E-state index contributed by atoms with van der Waals surface area (Å²) < 4.78 is 11.0. The van der Waals surface area contributed by atoms with Crippen molar-refractivity contribution >= 4 is 5.69 Å². The first-order valence-corrected chi connectivity index (χ1v) is 8.06. The Morgan fingerprint density at radius 3 is 2.48 bits per heavy atom. The number of fused-ring (bicyclic) bond motifs is 3. The molecule has 3 heteroatoms. The fourth-order valence-electron chi connectivity index (χ4n) is 3.91. The molecule has 1 heterocycles. The Hall–Kier alpha value is -2.42. The first kappa shape index (κ1) is 14.2. The third kappa shape index (κ3) is 2.27. The molecule has 0 saturated heterocycles. The van der Waals surface area contributed by atoms with Gasteiger partial charge in [-0.3, -0.25) is 0 Å². The molecular formula is C20H21NO2. The van der Waals surface area contributed by atoms with Crippen molar-refractivity contribution in [1.82, 2.24) is 0 Å². The van der Waals surface area contributed by atoms with E-state index >= 15 is 0 Å². The largest absolute Gasteiger partial charge is 0.493 e. The average molecular weight is 307 g/mol. The van der Waals surface area contributed by atoms with Crippen molar-refractivity contribution in [3.8, 4) is 11.5 Å². The van der Waals surface area contributed by atoms with E-state index in [1.54, 1.807) is 14.2 Å². The van der Waals surface area contributed by atoms with Crippen molar-refractivity contribution in [1.29, 1.82) is 0 Å². The topological polar surface area (TPSA) is 30.5 Å². The van der Waals surface area contributed by atoms with Crippen LogP contribution in [0.3, 0.4) is 0 Å². The number of allylic oxidation sites excluding steroid dienone is 2. The first-order chi connectivity index (χ1) is 11.3. The number of methoxy groups -OCH3 is 2. The molecule has 4 rings (SSSR count). The molecule has 0 amide bonds. The highest BCUT2D eigenvalue weighted by atomic mass is 16.5. The van der Waals surface area contributed by atoms with Crippen molar-refractivity contribution in [2.45, 2.75) is 18.4 Å². The average Bonchev–Trinajstić information content (AvgIpc) is 3.10. The fourth-order valence-corrected chi connectivity index (χ4v) is 3.91. The van der Waals surface area contributed by atoms with Crippen molar-refractivity contribution in [2.24, 2.45) is 5.92 Å². The zero-order chi connectivity index (χ0) is 15.8. The van der Waals surface area contributed by atoms with Gasteiger partial charge < -0.3 is 14.8 Å². The Morgan fingerprint density at radius 1 is 1.00 bits per heavy atom. The summed E-state index contributed by atoms with van der Waals surface area (Å²) >= 11 is 0. The van der Waals surface area contributed by atoms with Gasteiger partial charge in [-0.25, -0.2) is 0 Å². The summed E-state index contributed by atoms with van der Waals surface area (Å²) in [6.45, 7) is 0. The van der Waals surface area contributed by atoms with Crippen LogP contribution in [0.4, 0.5) is 5.69 Å². The second-order valence-electron chi connectivity index (χ2n) is 6.18. The van der Waals surface area contributed by atoms with E-state index in [0.29, 0.717) is 17.9 Å². The smallest absolute Gasteiger partial charge is 0.162 e. The lowest BCUT2D eigenvalue weighted by atomic mass is 9.77. The molecule has 118 valence electrons. The summed E-state index contributed by atoms with van der Waals surface area (Å²) in [5.41, 5.74) is 3.78. The normalized spacial score (nSPS) is 24.5. The van der Waals surface area contributed by atoms with Crippen LogP contribution in [0.2, 0.25) is 0 Å². The molecule has 0 radical (unpaired) electrons. The van der Waals surface area contributed by atoms with Crippen LogP contribution in [0.1, 0.15) is 29.5 Å². The number of ether oxygens (including phenoxy) is 2. The standard InChI is InChI=1S/C20H21NO2/c1-22-18-11-16-14-9-6-10-15(14)20(13-7-4-3-5-8-13)21-17(16)12-19(18)23-2/h3-9,11-12,14-15,20-21H,10H2,1-2H3/t14-,15+,20+/m0/s1. The number of anilines is 1. The SMILES string of the molecule is COc1cc2c(cc1OC)[C@H]1C=CC[C@H]1[C@@H](c1ccccc1)N2.